The van der Waals surface area contributed by atoms with E-state index in [2.05, 4.69) is 0 Å². The molecule has 0 atom stereocenters. The van der Waals surface area contributed by atoms with Gasteiger partial charge in [0.25, 0.3) is 0 Å². The van der Waals surface area contributed by atoms with Crippen LogP contribution in [-0.2, 0) is 4.74 Å². The number of aryl methyl sites for hydroxylation is 1. The number of ketones is 1. The number of aromatic nitrogens is 1. The fourth-order valence-electron chi connectivity index (χ4n) is 1.33. The fraction of sp³-hybridized carbons (Fsp3) is 0.500. The van der Waals surface area contributed by atoms with Crippen LogP contribution in [0.4, 0.5) is 4.79 Å². The molecule has 16 heavy (non-hydrogen) atoms. The summed E-state index contributed by atoms with van der Waals surface area (Å²) in [5.74, 6) is -0.154. The number of nitrogens with zero attached hydrogens (tertiary/aromatic N) is 1. The second-order valence-electron chi connectivity index (χ2n) is 4.81. The molecule has 0 aliphatic heterocycles. The van der Waals surface area contributed by atoms with E-state index in [1.54, 1.807) is 33.0 Å². The van der Waals surface area contributed by atoms with Crippen molar-refractivity contribution in [2.45, 2.75) is 40.2 Å². The summed E-state index contributed by atoms with van der Waals surface area (Å²) in [4.78, 5) is 23.1. The Morgan fingerprint density at radius 3 is 2.31 bits per heavy atom. The number of Topliss-reactive ketones (excluding diaryl/α,β-unsaturated/α-hetero) is 1. The molecule has 1 heterocycles. The van der Waals surface area contributed by atoms with E-state index in [9.17, 15) is 9.59 Å². The molecule has 0 aliphatic rings. The van der Waals surface area contributed by atoms with E-state index in [-0.39, 0.29) is 5.78 Å². The molecule has 0 radical (unpaired) electrons. The van der Waals surface area contributed by atoms with Gasteiger partial charge < -0.3 is 4.74 Å². The zero-order chi connectivity index (χ0) is 12.5. The summed E-state index contributed by atoms with van der Waals surface area (Å²) in [6.45, 7) is 8.61. The lowest BCUT2D eigenvalue weighted by molar-refractivity contribution is 0.0528. The molecule has 1 aromatic heterocycles. The quantitative estimate of drug-likeness (QED) is 0.688. The van der Waals surface area contributed by atoms with Gasteiger partial charge in [0.15, 0.2) is 5.78 Å². The van der Waals surface area contributed by atoms with Crippen LogP contribution in [0.15, 0.2) is 12.3 Å². The zero-order valence-electron chi connectivity index (χ0n) is 10.3. The second kappa shape index (κ2) is 4.12. The third kappa shape index (κ3) is 2.95. The highest BCUT2D eigenvalue weighted by Gasteiger charge is 2.21. The predicted octanol–water partition coefficient (Wildman–Crippen LogP) is 2.78. The molecule has 1 rings (SSSR count). The van der Waals surface area contributed by atoms with Crippen LogP contribution in [-0.4, -0.2) is 22.0 Å². The average molecular weight is 223 g/mol. The first kappa shape index (κ1) is 12.5. The number of carbonyl (C=O) groups is 2. The summed E-state index contributed by atoms with van der Waals surface area (Å²) in [6.07, 6.45) is 1.08. The van der Waals surface area contributed by atoms with E-state index < -0.39 is 11.7 Å². The molecule has 0 fully saturated rings. The van der Waals surface area contributed by atoms with Crippen molar-refractivity contribution in [3.8, 4) is 0 Å². The largest absolute Gasteiger partial charge is 0.443 e. The molecule has 0 N–H and O–H groups in total. The van der Waals surface area contributed by atoms with Crippen LogP contribution in [0.5, 0.6) is 0 Å². The van der Waals surface area contributed by atoms with Gasteiger partial charge in [-0.25, -0.2) is 9.36 Å². The van der Waals surface area contributed by atoms with Gasteiger partial charge in [0.2, 0.25) is 0 Å². The van der Waals surface area contributed by atoms with Crippen molar-refractivity contribution in [3.63, 3.8) is 0 Å². The molecule has 1 aromatic rings. The van der Waals surface area contributed by atoms with Crippen molar-refractivity contribution in [1.29, 1.82) is 0 Å². The Morgan fingerprint density at radius 2 is 1.88 bits per heavy atom. The predicted molar refractivity (Wildman–Crippen MR) is 60.8 cm³/mol. The molecule has 0 saturated carbocycles. The van der Waals surface area contributed by atoms with Gasteiger partial charge in [0.1, 0.15) is 5.60 Å². The summed E-state index contributed by atoms with van der Waals surface area (Å²) in [5.41, 5.74) is 0.645. The molecular weight excluding hydrogens is 206 g/mol. The van der Waals surface area contributed by atoms with Gasteiger partial charge in [0.05, 0.1) is 5.69 Å². The summed E-state index contributed by atoms with van der Waals surface area (Å²) in [6, 6.07) is 1.67. The Kier molecular flexibility index (Phi) is 3.21. The Bertz CT molecular complexity index is 424. The average Bonchev–Trinajstić information content (AvgIpc) is 2.44. The van der Waals surface area contributed by atoms with Gasteiger partial charge in [-0.05, 0) is 39.3 Å². The first-order valence-corrected chi connectivity index (χ1v) is 5.14. The minimum absolute atomic E-state index is 0.154. The second-order valence-corrected chi connectivity index (χ2v) is 4.81. The minimum Gasteiger partial charge on any atom is -0.443 e. The van der Waals surface area contributed by atoms with Crippen molar-refractivity contribution < 1.29 is 14.3 Å². The monoisotopic (exact) mass is 223 g/mol. The van der Waals surface area contributed by atoms with E-state index >= 15 is 0 Å². The van der Waals surface area contributed by atoms with Gasteiger partial charge in [-0.15, -0.1) is 0 Å². The summed E-state index contributed by atoms with van der Waals surface area (Å²) in [7, 11) is 0. The number of ether oxygens (including phenoxy) is 1. The van der Waals surface area contributed by atoms with Crippen molar-refractivity contribution in [3.05, 3.63) is 23.5 Å². The van der Waals surface area contributed by atoms with E-state index in [1.807, 2.05) is 6.92 Å². The Morgan fingerprint density at radius 1 is 1.31 bits per heavy atom. The summed E-state index contributed by atoms with van der Waals surface area (Å²) >= 11 is 0. The van der Waals surface area contributed by atoms with Crippen molar-refractivity contribution >= 4 is 11.9 Å². The fourth-order valence-corrected chi connectivity index (χ4v) is 1.33. The smallest absolute Gasteiger partial charge is 0.419 e. The summed E-state index contributed by atoms with van der Waals surface area (Å²) in [5, 5.41) is 0. The maximum atomic E-state index is 11.8. The van der Waals surface area contributed by atoms with E-state index in [4.69, 9.17) is 4.74 Å². The van der Waals surface area contributed by atoms with Crippen LogP contribution >= 0.6 is 0 Å². The minimum atomic E-state index is -0.566. The van der Waals surface area contributed by atoms with Gasteiger partial charge in [0, 0.05) is 13.1 Å². The molecule has 0 bridgehead atoms. The third-order valence-electron chi connectivity index (χ3n) is 1.91. The topological polar surface area (TPSA) is 48.3 Å². The molecule has 4 heteroatoms. The van der Waals surface area contributed by atoms with Crippen LogP contribution in [0.1, 0.15) is 43.7 Å². The molecular formula is C12H17NO3. The summed E-state index contributed by atoms with van der Waals surface area (Å²) < 4.78 is 6.45. The molecule has 0 aromatic carbocycles. The maximum absolute atomic E-state index is 11.8. The number of hydrogen-bond acceptors (Lipinski definition) is 3. The molecule has 4 nitrogen and oxygen atoms in total. The van der Waals surface area contributed by atoms with Gasteiger partial charge in [-0.1, -0.05) is 0 Å². The van der Waals surface area contributed by atoms with Gasteiger partial charge in [-0.3, -0.25) is 4.79 Å². The first-order chi connectivity index (χ1) is 7.20. The third-order valence-corrected chi connectivity index (χ3v) is 1.91. The molecule has 0 saturated heterocycles. The molecule has 0 spiro atoms. The Hall–Kier alpha value is -1.58. The zero-order valence-corrected chi connectivity index (χ0v) is 10.3. The van der Waals surface area contributed by atoms with Crippen molar-refractivity contribution in [2.75, 3.05) is 0 Å². The maximum Gasteiger partial charge on any atom is 0.419 e. The van der Waals surface area contributed by atoms with Gasteiger partial charge in [-0.2, -0.15) is 0 Å². The van der Waals surface area contributed by atoms with E-state index in [0.29, 0.717) is 5.69 Å². The lowest BCUT2D eigenvalue weighted by Crippen LogP contribution is -2.28. The lowest BCUT2D eigenvalue weighted by atomic mass is 10.2. The highest BCUT2D eigenvalue weighted by molar-refractivity contribution is 5.96. The highest BCUT2D eigenvalue weighted by Crippen LogP contribution is 2.13. The molecule has 0 amide bonds. The Labute approximate surface area is 95.2 Å². The number of hydrogen-bond donors (Lipinski definition) is 0. The van der Waals surface area contributed by atoms with Gasteiger partial charge >= 0.3 is 6.09 Å². The van der Waals surface area contributed by atoms with Crippen LogP contribution in [0.25, 0.3) is 0 Å². The van der Waals surface area contributed by atoms with Crippen LogP contribution < -0.4 is 0 Å². The lowest BCUT2D eigenvalue weighted by Gasteiger charge is -2.20. The van der Waals surface area contributed by atoms with Crippen LogP contribution in [0.2, 0.25) is 0 Å². The van der Waals surface area contributed by atoms with Crippen LogP contribution in [0.3, 0.4) is 0 Å². The van der Waals surface area contributed by atoms with Crippen molar-refractivity contribution in [1.82, 2.24) is 4.57 Å². The SMILES string of the molecule is CC(=O)c1cc(C)cn1C(=O)OC(C)(C)C. The van der Waals surface area contributed by atoms with Crippen LogP contribution in [0, 0.1) is 6.92 Å². The van der Waals surface area contributed by atoms with E-state index in [0.717, 1.165) is 5.56 Å². The van der Waals surface area contributed by atoms with E-state index in [1.165, 1.54) is 11.5 Å². The van der Waals surface area contributed by atoms with Crippen molar-refractivity contribution in [2.24, 2.45) is 0 Å². The standard InChI is InChI=1S/C12H17NO3/c1-8-6-10(9(2)14)13(7-8)11(15)16-12(3,4)5/h6-7H,1-5H3. The highest BCUT2D eigenvalue weighted by atomic mass is 16.6. The Balaban J connectivity index is 3.04. The molecule has 88 valence electrons. The number of carbonyl (C=O) groups excluding carboxylic acids is 2. The number of rotatable bonds is 1. The first-order valence-electron chi connectivity index (χ1n) is 5.14. The molecule has 0 aliphatic carbocycles. The normalized spacial score (nSPS) is 11.3. The molecule has 0 unspecified atom stereocenters.